The number of aliphatic imine (C=N–C) groups is 2. The first-order valence-electron chi connectivity index (χ1n) is 13.3. The summed E-state index contributed by atoms with van der Waals surface area (Å²) in [6.07, 6.45) is 0. The van der Waals surface area contributed by atoms with Gasteiger partial charge in [-0.3, -0.25) is 0 Å². The minimum atomic E-state index is 0.787. The Morgan fingerprint density at radius 2 is 0.675 bits per heavy atom. The van der Waals surface area contributed by atoms with Crippen molar-refractivity contribution in [2.24, 2.45) is 9.98 Å². The van der Waals surface area contributed by atoms with E-state index in [0.29, 0.717) is 0 Å². The van der Waals surface area contributed by atoms with Crippen molar-refractivity contribution in [3.8, 4) is 22.5 Å². The van der Waals surface area contributed by atoms with Crippen molar-refractivity contribution in [2.45, 2.75) is 0 Å². The molecule has 0 atom stereocenters. The summed E-state index contributed by atoms with van der Waals surface area (Å²) in [6, 6.07) is 48.8. The number of hydrogen-bond donors (Lipinski definition) is 0. The second kappa shape index (κ2) is 10.4. The number of rotatable bonds is 4. The third-order valence-electron chi connectivity index (χ3n) is 6.91. The Balaban J connectivity index is 1.41. The lowest BCUT2D eigenvalue weighted by Gasteiger charge is -2.18. The van der Waals surface area contributed by atoms with Gasteiger partial charge in [0.1, 0.15) is 0 Å². The second-order valence-corrected chi connectivity index (χ2v) is 9.50. The Morgan fingerprint density at radius 1 is 0.300 bits per heavy atom. The number of hydrogen-bond acceptors (Lipinski definition) is 4. The molecule has 0 fully saturated rings. The molecule has 4 nitrogen and oxygen atoms in total. The average Bonchev–Trinajstić information content (AvgIpc) is 3.03. The van der Waals surface area contributed by atoms with E-state index >= 15 is 0 Å². The number of nitrogens with zero attached hydrogens (tertiary/aromatic N) is 4. The van der Waals surface area contributed by atoms with Crippen LogP contribution in [0.1, 0.15) is 22.5 Å². The largest absolute Gasteiger partial charge is 0.246 e. The molecule has 0 aliphatic carbocycles. The fourth-order valence-electron chi connectivity index (χ4n) is 4.97. The fourth-order valence-corrected chi connectivity index (χ4v) is 4.97. The van der Waals surface area contributed by atoms with Gasteiger partial charge in [0.25, 0.3) is 0 Å². The Labute approximate surface area is 233 Å². The van der Waals surface area contributed by atoms with E-state index in [-0.39, 0.29) is 0 Å². The van der Waals surface area contributed by atoms with Crippen LogP contribution in [-0.2, 0) is 0 Å². The highest BCUT2D eigenvalue weighted by atomic mass is 14.9. The maximum atomic E-state index is 5.25. The van der Waals surface area contributed by atoms with E-state index < -0.39 is 0 Å². The first kappa shape index (κ1) is 23.6. The molecule has 0 radical (unpaired) electrons. The molecule has 0 spiro atoms. The van der Waals surface area contributed by atoms with Crippen molar-refractivity contribution in [1.82, 2.24) is 9.97 Å². The standard InChI is InChI=1S/C36H24N4/c1-3-13-25(14-4-1)29-21-11-23-33(37-29)35-27-17-7-9-19-31(27)40-36(28-18-8-10-20-32(28)39-35)34-24-12-22-30(38-34)26-15-5-2-6-16-26/h1-24H/b35-27?,36-28?,39-32?,39-35+,40-31?,40-36+. The highest BCUT2D eigenvalue weighted by Crippen LogP contribution is 2.33. The van der Waals surface area contributed by atoms with E-state index in [2.05, 4.69) is 36.4 Å². The van der Waals surface area contributed by atoms with Crippen molar-refractivity contribution in [2.75, 3.05) is 0 Å². The third kappa shape index (κ3) is 4.52. The smallest absolute Gasteiger partial charge is 0.0987 e. The zero-order valence-corrected chi connectivity index (χ0v) is 21.6. The van der Waals surface area contributed by atoms with Crippen molar-refractivity contribution in [3.05, 3.63) is 168 Å². The maximum Gasteiger partial charge on any atom is 0.0987 e. The number of fused-ring (bicyclic) bond motifs is 2. The summed E-state index contributed by atoms with van der Waals surface area (Å²) >= 11 is 0. The zero-order chi connectivity index (χ0) is 26.7. The van der Waals surface area contributed by atoms with Gasteiger partial charge in [-0.15, -0.1) is 0 Å². The van der Waals surface area contributed by atoms with E-state index in [1.807, 2.05) is 109 Å². The van der Waals surface area contributed by atoms with Crippen molar-refractivity contribution in [3.63, 3.8) is 0 Å². The van der Waals surface area contributed by atoms with Crippen LogP contribution in [0.5, 0.6) is 0 Å². The van der Waals surface area contributed by atoms with Crippen LogP contribution < -0.4 is 0 Å². The number of benzene rings is 4. The van der Waals surface area contributed by atoms with Crippen molar-refractivity contribution < 1.29 is 0 Å². The number of aromatic nitrogens is 2. The van der Waals surface area contributed by atoms with E-state index in [0.717, 1.165) is 67.8 Å². The molecule has 0 saturated carbocycles. The molecule has 1 aliphatic heterocycles. The molecule has 2 aromatic heterocycles. The highest BCUT2D eigenvalue weighted by molar-refractivity contribution is 6.21. The van der Waals surface area contributed by atoms with Crippen LogP contribution in [0, 0.1) is 0 Å². The van der Waals surface area contributed by atoms with Crippen LogP contribution >= 0.6 is 0 Å². The predicted molar refractivity (Wildman–Crippen MR) is 163 cm³/mol. The molecule has 1 aliphatic rings. The van der Waals surface area contributed by atoms with Crippen molar-refractivity contribution in [1.29, 1.82) is 0 Å². The summed E-state index contributed by atoms with van der Waals surface area (Å²) in [5, 5.41) is 0. The first-order chi connectivity index (χ1) is 19.8. The van der Waals surface area contributed by atoms with E-state index in [9.17, 15) is 0 Å². The van der Waals surface area contributed by atoms with E-state index in [1.54, 1.807) is 0 Å². The van der Waals surface area contributed by atoms with Gasteiger partial charge in [-0.25, -0.2) is 20.0 Å². The molecular weight excluding hydrogens is 488 g/mol. The molecule has 6 aromatic rings. The van der Waals surface area contributed by atoms with E-state index in [1.165, 1.54) is 0 Å². The Kier molecular flexibility index (Phi) is 6.11. The zero-order valence-electron chi connectivity index (χ0n) is 21.6. The average molecular weight is 513 g/mol. The topological polar surface area (TPSA) is 50.5 Å². The quantitative estimate of drug-likeness (QED) is 0.237. The Hall–Kier alpha value is -5.48. The molecular formula is C36H24N4. The predicted octanol–water partition coefficient (Wildman–Crippen LogP) is 8.46. The van der Waals surface area contributed by atoms with Gasteiger partial charge in [0.05, 0.1) is 45.6 Å². The molecule has 0 saturated heterocycles. The van der Waals surface area contributed by atoms with Gasteiger partial charge in [0, 0.05) is 22.3 Å². The lowest BCUT2D eigenvalue weighted by molar-refractivity contribution is 1.26. The van der Waals surface area contributed by atoms with Crippen LogP contribution in [0.25, 0.3) is 22.5 Å². The Morgan fingerprint density at radius 3 is 1.12 bits per heavy atom. The first-order valence-corrected chi connectivity index (χ1v) is 13.3. The molecule has 0 N–H and O–H groups in total. The summed E-state index contributed by atoms with van der Waals surface area (Å²) in [5.41, 5.74) is 10.6. The van der Waals surface area contributed by atoms with E-state index in [4.69, 9.17) is 20.0 Å². The lowest BCUT2D eigenvalue weighted by Crippen LogP contribution is -2.12. The monoisotopic (exact) mass is 512 g/mol. The van der Waals surface area contributed by atoms with Crippen LogP contribution in [-0.4, -0.2) is 21.4 Å². The SMILES string of the molecule is c1ccc(-c2cccc(/C3=N/c4ccccc4/C(c4cccc(-c5ccccc5)n4)=N\c4ccccc43)n2)cc1. The minimum absolute atomic E-state index is 0.787. The minimum Gasteiger partial charge on any atom is -0.246 e. The summed E-state index contributed by atoms with van der Waals surface area (Å²) < 4.78 is 0. The van der Waals surface area contributed by atoms with Gasteiger partial charge in [-0.05, 0) is 36.4 Å². The Bertz CT molecular complexity index is 1750. The molecule has 40 heavy (non-hydrogen) atoms. The van der Waals surface area contributed by atoms with Gasteiger partial charge in [-0.1, -0.05) is 109 Å². The second-order valence-electron chi connectivity index (χ2n) is 9.50. The van der Waals surface area contributed by atoms with Crippen LogP contribution in [0.15, 0.2) is 156 Å². The molecule has 4 heteroatoms. The van der Waals surface area contributed by atoms with Crippen LogP contribution in [0.2, 0.25) is 0 Å². The normalized spacial score (nSPS) is 14.9. The molecule has 0 unspecified atom stereocenters. The van der Waals surface area contributed by atoms with Gasteiger partial charge in [0.2, 0.25) is 0 Å². The number of pyridine rings is 2. The maximum absolute atomic E-state index is 5.25. The molecule has 7 rings (SSSR count). The molecule has 3 heterocycles. The van der Waals surface area contributed by atoms with Gasteiger partial charge < -0.3 is 0 Å². The molecule has 0 bridgehead atoms. The van der Waals surface area contributed by atoms with Gasteiger partial charge in [0.15, 0.2) is 0 Å². The summed E-state index contributed by atoms with van der Waals surface area (Å²) in [7, 11) is 0. The van der Waals surface area contributed by atoms with Crippen molar-refractivity contribution >= 4 is 22.8 Å². The summed E-state index contributed by atoms with van der Waals surface area (Å²) in [5.74, 6) is 0. The number of para-hydroxylation sites is 2. The third-order valence-corrected chi connectivity index (χ3v) is 6.91. The van der Waals surface area contributed by atoms with Crippen LogP contribution in [0.3, 0.4) is 0 Å². The summed E-state index contributed by atoms with van der Waals surface area (Å²) in [4.78, 5) is 20.6. The molecule has 0 amide bonds. The van der Waals surface area contributed by atoms with Gasteiger partial charge in [-0.2, -0.15) is 0 Å². The lowest BCUT2D eigenvalue weighted by atomic mass is 9.98. The summed E-state index contributed by atoms with van der Waals surface area (Å²) in [6.45, 7) is 0. The van der Waals surface area contributed by atoms with Crippen LogP contribution in [0.4, 0.5) is 11.4 Å². The molecule has 4 aromatic carbocycles. The van der Waals surface area contributed by atoms with Gasteiger partial charge >= 0.3 is 0 Å². The molecule has 188 valence electrons. The fraction of sp³-hybridized carbons (Fsp3) is 0. The highest BCUT2D eigenvalue weighted by Gasteiger charge is 2.21.